The van der Waals surface area contributed by atoms with Crippen LogP contribution >= 0.6 is 0 Å². The molecule has 0 spiro atoms. The van der Waals surface area contributed by atoms with Crippen LogP contribution < -0.4 is 0 Å². The molecule has 2 aliphatic rings. The van der Waals surface area contributed by atoms with Gasteiger partial charge in [0.05, 0.1) is 18.8 Å². The summed E-state index contributed by atoms with van der Waals surface area (Å²) in [4.78, 5) is 13.0. The smallest absolute Gasteiger partial charge is 0.396 e. The van der Waals surface area contributed by atoms with Gasteiger partial charge in [0.15, 0.2) is 5.78 Å². The molecule has 4 N–H and O–H groups in total. The second kappa shape index (κ2) is 18.0. The van der Waals surface area contributed by atoms with Crippen molar-refractivity contribution in [2.24, 2.45) is 16.2 Å². The van der Waals surface area contributed by atoms with Gasteiger partial charge in [-0.15, -0.1) is 0 Å². The molecule has 0 radical (unpaired) electrons. The second-order valence-corrected chi connectivity index (χ2v) is 15.4. The van der Waals surface area contributed by atoms with Crippen LogP contribution in [0.4, 0.5) is 0 Å². The van der Waals surface area contributed by atoms with E-state index in [1.165, 1.54) is 0 Å². The standard InChI is InChI=1S/C40H54O8S/c1-29(15-11-16-31(3)19-22-37(44)40(8)25-34(43)24-39(40,7)28-42)13-9-10-14-30(2)17-12-18-33(27-41)20-21-36-32(4)23-35(26-38(36,5)6)48-49(45,46)47/h9-19,22,34-35,41-43H,23-28H2,1-8H3,(H,45,46,47)/b10-9+,15-11+,17-12+,22-19+,29-13+,30-14+,31-16+,33-18-/t34?,35-,39+,40+/m1/s1. The Kier molecular flexibility index (Phi) is 15.4. The van der Waals surface area contributed by atoms with Crippen LogP contribution in [0.1, 0.15) is 81.1 Å². The maximum atomic E-state index is 13.0. The molecule has 0 amide bonds. The van der Waals surface area contributed by atoms with Gasteiger partial charge in [0.2, 0.25) is 0 Å². The molecular weight excluding hydrogens is 640 g/mol. The number of aliphatic hydroxyl groups excluding tert-OH is 3. The van der Waals surface area contributed by atoms with Gasteiger partial charge < -0.3 is 15.3 Å². The van der Waals surface area contributed by atoms with Crippen molar-refractivity contribution in [1.82, 2.24) is 0 Å². The lowest BCUT2D eigenvalue weighted by atomic mass is 9.66. The van der Waals surface area contributed by atoms with Crippen molar-refractivity contribution < 1.29 is 37.3 Å². The van der Waals surface area contributed by atoms with E-state index in [1.807, 2.05) is 110 Å². The fourth-order valence-corrected chi connectivity index (χ4v) is 6.85. The zero-order valence-corrected chi connectivity index (χ0v) is 31.0. The number of aliphatic hydroxyl groups is 3. The molecule has 0 bridgehead atoms. The zero-order chi connectivity index (χ0) is 37.0. The Bertz CT molecular complexity index is 1670. The molecule has 268 valence electrons. The van der Waals surface area contributed by atoms with E-state index in [-0.39, 0.29) is 19.0 Å². The highest BCUT2D eigenvalue weighted by atomic mass is 32.3. The third kappa shape index (κ3) is 12.8. The van der Waals surface area contributed by atoms with Gasteiger partial charge in [-0.2, -0.15) is 8.42 Å². The number of rotatable bonds is 13. The Morgan fingerprint density at radius 3 is 1.94 bits per heavy atom. The quantitative estimate of drug-likeness (QED) is 0.0698. The van der Waals surface area contributed by atoms with Crippen LogP contribution in [0.5, 0.6) is 0 Å². The molecule has 1 saturated carbocycles. The fourth-order valence-electron chi connectivity index (χ4n) is 6.37. The van der Waals surface area contributed by atoms with Gasteiger partial charge in [-0.1, -0.05) is 123 Å². The summed E-state index contributed by atoms with van der Waals surface area (Å²) in [6.07, 6.45) is 22.7. The minimum Gasteiger partial charge on any atom is -0.396 e. The summed E-state index contributed by atoms with van der Waals surface area (Å²) in [5.41, 5.74) is 3.31. The number of hydrogen-bond donors (Lipinski definition) is 4. The Morgan fingerprint density at radius 1 is 0.857 bits per heavy atom. The van der Waals surface area contributed by atoms with Gasteiger partial charge in [0.25, 0.3) is 0 Å². The van der Waals surface area contributed by atoms with Gasteiger partial charge in [-0.3, -0.25) is 9.35 Å². The van der Waals surface area contributed by atoms with Gasteiger partial charge in [0, 0.05) is 34.0 Å². The predicted octanol–water partition coefficient (Wildman–Crippen LogP) is 7.03. The van der Waals surface area contributed by atoms with E-state index in [1.54, 1.807) is 18.2 Å². The van der Waals surface area contributed by atoms with E-state index in [0.717, 1.165) is 27.9 Å². The molecule has 49 heavy (non-hydrogen) atoms. The molecule has 8 nitrogen and oxygen atoms in total. The molecule has 1 unspecified atom stereocenters. The van der Waals surface area contributed by atoms with Gasteiger partial charge in [-0.25, -0.2) is 4.18 Å². The largest absolute Gasteiger partial charge is 0.397 e. The van der Waals surface area contributed by atoms with Gasteiger partial charge in [0.1, 0.15) is 0 Å². The van der Waals surface area contributed by atoms with Crippen molar-refractivity contribution >= 4 is 16.2 Å². The van der Waals surface area contributed by atoms with Crippen LogP contribution in [0.2, 0.25) is 0 Å². The monoisotopic (exact) mass is 694 g/mol. The molecule has 2 rings (SSSR count). The lowest BCUT2D eigenvalue weighted by molar-refractivity contribution is -0.130. The molecule has 4 atom stereocenters. The van der Waals surface area contributed by atoms with E-state index in [2.05, 4.69) is 11.8 Å². The molecule has 0 aromatic carbocycles. The predicted molar refractivity (Wildman–Crippen MR) is 196 cm³/mol. The van der Waals surface area contributed by atoms with Gasteiger partial charge in [-0.05, 0) is 65.5 Å². The topological polar surface area (TPSA) is 141 Å². The minimum absolute atomic E-state index is 0.0868. The summed E-state index contributed by atoms with van der Waals surface area (Å²) in [5, 5.41) is 29.8. The Balaban J connectivity index is 1.98. The Morgan fingerprint density at radius 2 is 1.41 bits per heavy atom. The third-order valence-corrected chi connectivity index (χ3v) is 9.92. The summed E-state index contributed by atoms with van der Waals surface area (Å²) < 4.78 is 36.2. The molecule has 0 aromatic heterocycles. The minimum atomic E-state index is -4.54. The van der Waals surface area contributed by atoms with Crippen molar-refractivity contribution in [2.45, 2.75) is 93.3 Å². The lowest BCUT2D eigenvalue weighted by Gasteiger charge is -2.37. The molecule has 0 heterocycles. The van der Waals surface area contributed by atoms with E-state index in [9.17, 15) is 28.5 Å². The lowest BCUT2D eigenvalue weighted by Crippen LogP contribution is -2.41. The molecule has 2 aliphatic carbocycles. The Labute approximate surface area is 293 Å². The Hall–Kier alpha value is -3.36. The first-order valence-corrected chi connectivity index (χ1v) is 17.9. The number of ketones is 1. The van der Waals surface area contributed by atoms with Crippen LogP contribution in [0.15, 0.2) is 106 Å². The number of hydrogen-bond acceptors (Lipinski definition) is 7. The molecular formula is C40H54O8S. The second-order valence-electron chi connectivity index (χ2n) is 14.3. The summed E-state index contributed by atoms with van der Waals surface area (Å²) >= 11 is 0. The molecule has 0 aromatic rings. The van der Waals surface area contributed by atoms with E-state index >= 15 is 0 Å². The molecule has 0 aliphatic heterocycles. The van der Waals surface area contributed by atoms with Crippen LogP contribution in [0, 0.1) is 28.1 Å². The number of carbonyl (C=O) groups excluding carboxylic acids is 1. The maximum absolute atomic E-state index is 13.0. The average Bonchev–Trinajstić information content (AvgIpc) is 3.23. The molecule has 0 saturated heterocycles. The first-order valence-electron chi connectivity index (χ1n) is 16.5. The van der Waals surface area contributed by atoms with Crippen molar-refractivity contribution in [1.29, 1.82) is 0 Å². The van der Waals surface area contributed by atoms with Crippen LogP contribution in [0.25, 0.3) is 0 Å². The maximum Gasteiger partial charge on any atom is 0.397 e. The number of allylic oxidation sites excluding steroid dienone is 16. The van der Waals surface area contributed by atoms with E-state index in [0.29, 0.717) is 31.3 Å². The SMILES string of the molecule is CC1=C(C#C/C(=C/C=C/C(C)=C/C=C/C=C(C)/C=C/C=C(C)/C=C/C(=O)[C@]2(C)CC(O)C[C@@]2(C)CO)CO)C(C)(C)C[C@H](OS(=O)(=O)O)C1. The van der Waals surface area contributed by atoms with Crippen molar-refractivity contribution in [3.63, 3.8) is 0 Å². The third-order valence-electron chi connectivity index (χ3n) is 9.41. The summed E-state index contributed by atoms with van der Waals surface area (Å²) in [5.74, 6) is 6.11. The van der Waals surface area contributed by atoms with Crippen molar-refractivity contribution in [2.75, 3.05) is 13.2 Å². The molecule has 9 heteroatoms. The van der Waals surface area contributed by atoms with Crippen LogP contribution in [0.3, 0.4) is 0 Å². The normalized spacial score (nSPS) is 27.6. The zero-order valence-electron chi connectivity index (χ0n) is 30.2. The van der Waals surface area contributed by atoms with E-state index in [4.69, 9.17) is 8.74 Å². The number of carbonyl (C=O) groups is 1. The van der Waals surface area contributed by atoms with Gasteiger partial charge >= 0.3 is 10.4 Å². The highest BCUT2D eigenvalue weighted by Gasteiger charge is 2.55. The van der Waals surface area contributed by atoms with E-state index < -0.39 is 38.9 Å². The highest BCUT2D eigenvalue weighted by Crippen LogP contribution is 2.53. The molecule has 1 fully saturated rings. The fraction of sp³-hybridized carbons (Fsp3) is 0.475. The van der Waals surface area contributed by atoms with Crippen LogP contribution in [-0.4, -0.2) is 59.5 Å². The summed E-state index contributed by atoms with van der Waals surface area (Å²) in [6.45, 7) is 14.9. The van der Waals surface area contributed by atoms with Crippen LogP contribution in [-0.2, 0) is 19.4 Å². The first kappa shape index (κ1) is 41.8. The summed E-state index contributed by atoms with van der Waals surface area (Å²) in [6, 6.07) is 0. The summed E-state index contributed by atoms with van der Waals surface area (Å²) in [7, 11) is -4.54. The first-order chi connectivity index (χ1) is 22.7. The van der Waals surface area contributed by atoms with Crippen molar-refractivity contribution in [3.05, 3.63) is 106 Å². The van der Waals surface area contributed by atoms with Crippen molar-refractivity contribution in [3.8, 4) is 11.8 Å². The highest BCUT2D eigenvalue weighted by molar-refractivity contribution is 7.80. The average molecular weight is 695 g/mol.